The van der Waals surface area contributed by atoms with Gasteiger partial charge in [0, 0.05) is 32.9 Å². The molecule has 5 heteroatoms. The third-order valence-electron chi connectivity index (χ3n) is 3.88. The van der Waals surface area contributed by atoms with Crippen LogP contribution in [0, 0.1) is 0 Å². The summed E-state index contributed by atoms with van der Waals surface area (Å²) in [6.07, 6.45) is 0. The van der Waals surface area contributed by atoms with Crippen LogP contribution in [0.1, 0.15) is 30.9 Å². The van der Waals surface area contributed by atoms with Crippen LogP contribution in [0.5, 0.6) is 0 Å². The van der Waals surface area contributed by atoms with Crippen LogP contribution in [0.2, 0.25) is 0 Å². The minimum Gasteiger partial charge on any atom is -0.378 e. The molecule has 0 amide bonds. The Morgan fingerprint density at radius 1 is 1.25 bits per heavy atom. The highest BCUT2D eigenvalue weighted by atomic mass is 32.1. The standard InChI is InChI=1S/C19H28N4S/c1-5-20-19(21-12-15(2)17-9-10-24-14-17)22-13-16-7-6-8-18(11-16)23(3)4/h6-11,14-15H,5,12-13H2,1-4H3,(H2,20,21,22). The highest BCUT2D eigenvalue weighted by Crippen LogP contribution is 2.17. The Morgan fingerprint density at radius 3 is 2.75 bits per heavy atom. The summed E-state index contributed by atoms with van der Waals surface area (Å²) in [5.74, 6) is 1.34. The summed E-state index contributed by atoms with van der Waals surface area (Å²) in [5, 5.41) is 11.1. The van der Waals surface area contributed by atoms with Crippen LogP contribution in [-0.4, -0.2) is 33.1 Å². The van der Waals surface area contributed by atoms with Crippen molar-refractivity contribution in [1.82, 2.24) is 10.6 Å². The van der Waals surface area contributed by atoms with Crippen molar-refractivity contribution in [1.29, 1.82) is 0 Å². The molecule has 24 heavy (non-hydrogen) atoms. The topological polar surface area (TPSA) is 39.7 Å². The second-order valence-electron chi connectivity index (χ2n) is 6.10. The number of aliphatic imine (C=N–C) groups is 1. The minimum atomic E-state index is 0.470. The molecule has 0 aliphatic rings. The van der Waals surface area contributed by atoms with Gasteiger partial charge in [0.05, 0.1) is 6.54 Å². The summed E-state index contributed by atoms with van der Waals surface area (Å²) in [5.41, 5.74) is 3.79. The molecule has 1 aromatic heterocycles. The molecule has 1 heterocycles. The van der Waals surface area contributed by atoms with Crippen molar-refractivity contribution in [2.75, 3.05) is 32.1 Å². The number of nitrogens with one attached hydrogen (secondary N) is 2. The number of thiophene rings is 1. The molecule has 0 aliphatic heterocycles. The minimum absolute atomic E-state index is 0.470. The van der Waals surface area contributed by atoms with Crippen LogP contribution >= 0.6 is 11.3 Å². The summed E-state index contributed by atoms with van der Waals surface area (Å²) in [7, 11) is 4.11. The normalized spacial score (nSPS) is 12.8. The molecular weight excluding hydrogens is 316 g/mol. The number of nitrogens with zero attached hydrogens (tertiary/aromatic N) is 2. The summed E-state index contributed by atoms with van der Waals surface area (Å²) >= 11 is 1.75. The number of rotatable bonds is 7. The third kappa shape index (κ3) is 5.57. The number of hydrogen-bond donors (Lipinski definition) is 2. The summed E-state index contributed by atoms with van der Waals surface area (Å²) in [6.45, 7) is 6.73. The van der Waals surface area contributed by atoms with E-state index in [0.717, 1.165) is 19.0 Å². The van der Waals surface area contributed by atoms with Crippen LogP contribution in [-0.2, 0) is 6.54 Å². The van der Waals surface area contributed by atoms with Gasteiger partial charge < -0.3 is 15.5 Å². The van der Waals surface area contributed by atoms with Gasteiger partial charge in [-0.3, -0.25) is 0 Å². The Bertz CT molecular complexity index is 635. The molecule has 0 saturated carbocycles. The molecule has 0 spiro atoms. The third-order valence-corrected chi connectivity index (χ3v) is 4.58. The molecule has 0 fully saturated rings. The van der Waals surface area contributed by atoms with Crippen molar-refractivity contribution in [2.45, 2.75) is 26.3 Å². The predicted molar refractivity (Wildman–Crippen MR) is 106 cm³/mol. The van der Waals surface area contributed by atoms with Crippen LogP contribution in [0.25, 0.3) is 0 Å². The zero-order valence-electron chi connectivity index (χ0n) is 15.0. The maximum absolute atomic E-state index is 4.72. The fourth-order valence-corrected chi connectivity index (χ4v) is 3.15. The van der Waals surface area contributed by atoms with Crippen LogP contribution < -0.4 is 15.5 Å². The SMILES string of the molecule is CCNC(=NCc1cccc(N(C)C)c1)NCC(C)c1ccsc1. The first kappa shape index (κ1) is 18.3. The van der Waals surface area contributed by atoms with E-state index in [4.69, 9.17) is 4.99 Å². The van der Waals surface area contributed by atoms with E-state index in [1.165, 1.54) is 16.8 Å². The average molecular weight is 345 g/mol. The molecule has 1 aromatic carbocycles. The Hall–Kier alpha value is -2.01. The predicted octanol–water partition coefficient (Wildman–Crippen LogP) is 3.67. The molecule has 0 aliphatic carbocycles. The lowest BCUT2D eigenvalue weighted by Crippen LogP contribution is -2.39. The fourth-order valence-electron chi connectivity index (χ4n) is 2.37. The van der Waals surface area contributed by atoms with Gasteiger partial charge in [-0.2, -0.15) is 11.3 Å². The van der Waals surface area contributed by atoms with Crippen molar-refractivity contribution in [3.63, 3.8) is 0 Å². The molecule has 0 radical (unpaired) electrons. The van der Waals surface area contributed by atoms with Gasteiger partial charge in [0.2, 0.25) is 0 Å². The number of guanidine groups is 1. The Morgan fingerprint density at radius 2 is 2.08 bits per heavy atom. The molecule has 4 nitrogen and oxygen atoms in total. The quantitative estimate of drug-likeness (QED) is 0.595. The van der Waals surface area contributed by atoms with Gasteiger partial charge in [0.15, 0.2) is 5.96 Å². The molecule has 0 saturated heterocycles. The van der Waals surface area contributed by atoms with Crippen molar-refractivity contribution in [3.05, 3.63) is 52.2 Å². The smallest absolute Gasteiger partial charge is 0.191 e. The van der Waals surface area contributed by atoms with Gasteiger partial charge in [-0.25, -0.2) is 4.99 Å². The van der Waals surface area contributed by atoms with Crippen molar-refractivity contribution >= 4 is 23.0 Å². The molecule has 2 rings (SSSR count). The molecule has 0 bridgehead atoms. The van der Waals surface area contributed by atoms with Crippen LogP contribution in [0.3, 0.4) is 0 Å². The largest absolute Gasteiger partial charge is 0.378 e. The lowest BCUT2D eigenvalue weighted by molar-refractivity contribution is 0.701. The van der Waals surface area contributed by atoms with Crippen molar-refractivity contribution < 1.29 is 0 Å². The summed E-state index contributed by atoms with van der Waals surface area (Å²) < 4.78 is 0. The van der Waals surface area contributed by atoms with Gasteiger partial charge in [-0.05, 0) is 52.9 Å². The van der Waals surface area contributed by atoms with Crippen LogP contribution in [0.4, 0.5) is 5.69 Å². The Balaban J connectivity index is 1.96. The summed E-state index contributed by atoms with van der Waals surface area (Å²) in [6, 6.07) is 10.7. The zero-order chi connectivity index (χ0) is 17.4. The highest BCUT2D eigenvalue weighted by Gasteiger charge is 2.07. The van der Waals surface area contributed by atoms with E-state index in [9.17, 15) is 0 Å². The number of anilines is 1. The molecule has 2 aromatic rings. The van der Waals surface area contributed by atoms with E-state index in [1.54, 1.807) is 11.3 Å². The molecule has 130 valence electrons. The van der Waals surface area contributed by atoms with Gasteiger partial charge in [-0.1, -0.05) is 19.1 Å². The first-order valence-electron chi connectivity index (χ1n) is 8.40. The van der Waals surface area contributed by atoms with E-state index in [-0.39, 0.29) is 0 Å². The Kier molecular flexibility index (Phi) is 7.12. The van der Waals surface area contributed by atoms with E-state index >= 15 is 0 Å². The lowest BCUT2D eigenvalue weighted by atomic mass is 10.1. The number of hydrogen-bond acceptors (Lipinski definition) is 3. The van der Waals surface area contributed by atoms with E-state index in [0.29, 0.717) is 12.5 Å². The molecule has 2 N–H and O–H groups in total. The van der Waals surface area contributed by atoms with Gasteiger partial charge >= 0.3 is 0 Å². The van der Waals surface area contributed by atoms with E-state index in [1.807, 2.05) is 0 Å². The highest BCUT2D eigenvalue weighted by molar-refractivity contribution is 7.07. The summed E-state index contributed by atoms with van der Waals surface area (Å²) in [4.78, 5) is 6.83. The zero-order valence-corrected chi connectivity index (χ0v) is 15.9. The first-order chi connectivity index (χ1) is 11.6. The Labute approximate surface area is 149 Å². The van der Waals surface area contributed by atoms with E-state index in [2.05, 4.69) is 84.6 Å². The maximum atomic E-state index is 4.72. The fraction of sp³-hybridized carbons (Fsp3) is 0.421. The second kappa shape index (κ2) is 9.33. The monoisotopic (exact) mass is 344 g/mol. The van der Waals surface area contributed by atoms with Gasteiger partial charge in [0.25, 0.3) is 0 Å². The maximum Gasteiger partial charge on any atom is 0.191 e. The molecule has 1 atom stereocenters. The number of benzene rings is 1. The van der Waals surface area contributed by atoms with Gasteiger partial charge in [-0.15, -0.1) is 0 Å². The lowest BCUT2D eigenvalue weighted by Gasteiger charge is -2.16. The average Bonchev–Trinajstić information content (AvgIpc) is 3.12. The van der Waals surface area contributed by atoms with E-state index < -0.39 is 0 Å². The van der Waals surface area contributed by atoms with Crippen LogP contribution in [0.15, 0.2) is 46.1 Å². The molecule has 1 unspecified atom stereocenters. The first-order valence-corrected chi connectivity index (χ1v) is 9.35. The second-order valence-corrected chi connectivity index (χ2v) is 6.88. The molecular formula is C19H28N4S. The van der Waals surface area contributed by atoms with Gasteiger partial charge in [0.1, 0.15) is 0 Å². The van der Waals surface area contributed by atoms with Crippen molar-refractivity contribution in [2.24, 2.45) is 4.99 Å². The van der Waals surface area contributed by atoms with Crippen molar-refractivity contribution in [3.8, 4) is 0 Å².